The van der Waals surface area contributed by atoms with Crippen molar-refractivity contribution in [3.05, 3.63) is 35.9 Å². The zero-order valence-electron chi connectivity index (χ0n) is 9.56. The molecule has 1 heterocycles. The molecule has 0 aromatic heterocycles. The molecule has 16 heavy (non-hydrogen) atoms. The van der Waals surface area contributed by atoms with Crippen LogP contribution in [-0.4, -0.2) is 24.4 Å². The molecule has 86 valence electrons. The summed E-state index contributed by atoms with van der Waals surface area (Å²) in [5.74, 6) is 1.59. The van der Waals surface area contributed by atoms with Crippen molar-refractivity contribution in [2.24, 2.45) is 0 Å². The largest absolute Gasteiger partial charge is 0.497 e. The van der Waals surface area contributed by atoms with E-state index in [1.165, 1.54) is 0 Å². The molecule has 1 aromatic rings. The summed E-state index contributed by atoms with van der Waals surface area (Å²) in [5.41, 5.74) is 1.82. The number of hydrogen-bond donors (Lipinski definition) is 1. The first-order valence-electron chi connectivity index (χ1n) is 5.29. The maximum absolute atomic E-state index is 9.92. The van der Waals surface area contributed by atoms with E-state index in [9.17, 15) is 5.11 Å². The number of rotatable bonds is 2. The summed E-state index contributed by atoms with van der Waals surface area (Å²) in [6.07, 6.45) is -0.262. The molecule has 0 spiro atoms. The van der Waals surface area contributed by atoms with Crippen LogP contribution in [0.4, 0.5) is 0 Å². The molecule has 0 fully saturated rings. The predicted molar refractivity (Wildman–Crippen MR) is 61.9 cm³/mol. The van der Waals surface area contributed by atoms with E-state index in [4.69, 9.17) is 9.47 Å². The van der Waals surface area contributed by atoms with Crippen LogP contribution < -0.4 is 9.47 Å². The first kappa shape index (κ1) is 11.0. The molecule has 0 radical (unpaired) electrons. The van der Waals surface area contributed by atoms with E-state index in [-0.39, 0.29) is 6.10 Å². The summed E-state index contributed by atoms with van der Waals surface area (Å²) in [4.78, 5) is 0. The Morgan fingerprint density at radius 1 is 1.56 bits per heavy atom. The Hall–Kier alpha value is -1.48. The maximum atomic E-state index is 9.92. The number of aliphatic hydroxyl groups is 1. The van der Waals surface area contributed by atoms with E-state index in [1.54, 1.807) is 7.11 Å². The van der Waals surface area contributed by atoms with Crippen molar-refractivity contribution in [2.75, 3.05) is 7.11 Å². The standard InChI is InChI=1S/C13H16O3/c1-8(2)13-11(14)7-9-6-10(15-3)4-5-12(9)16-13/h4-6,11,13-14H,1,7H2,2-3H3/t11-,13-/m1/s1. The third kappa shape index (κ3) is 1.91. The van der Waals surface area contributed by atoms with Gasteiger partial charge in [0.05, 0.1) is 13.2 Å². The molecule has 1 aromatic carbocycles. The molecule has 2 atom stereocenters. The van der Waals surface area contributed by atoms with Gasteiger partial charge in [-0.15, -0.1) is 0 Å². The van der Waals surface area contributed by atoms with Gasteiger partial charge in [-0.1, -0.05) is 6.58 Å². The van der Waals surface area contributed by atoms with Gasteiger partial charge in [0.1, 0.15) is 17.6 Å². The van der Waals surface area contributed by atoms with Crippen LogP contribution >= 0.6 is 0 Å². The lowest BCUT2D eigenvalue weighted by Gasteiger charge is -2.31. The third-order valence-electron chi connectivity index (χ3n) is 2.79. The van der Waals surface area contributed by atoms with E-state index in [0.29, 0.717) is 6.42 Å². The first-order chi connectivity index (χ1) is 7.61. The molecule has 0 unspecified atom stereocenters. The summed E-state index contributed by atoms with van der Waals surface area (Å²) < 4.78 is 10.8. The lowest BCUT2D eigenvalue weighted by Crippen LogP contribution is -2.37. The van der Waals surface area contributed by atoms with Crippen molar-refractivity contribution >= 4 is 0 Å². The van der Waals surface area contributed by atoms with Crippen LogP contribution in [0.25, 0.3) is 0 Å². The quantitative estimate of drug-likeness (QED) is 0.774. The Bertz CT molecular complexity index is 412. The first-order valence-corrected chi connectivity index (χ1v) is 5.29. The molecule has 1 aliphatic rings. The highest BCUT2D eigenvalue weighted by Gasteiger charge is 2.28. The average molecular weight is 220 g/mol. The molecule has 1 aliphatic heterocycles. The Balaban J connectivity index is 2.31. The van der Waals surface area contributed by atoms with Crippen molar-refractivity contribution in [3.63, 3.8) is 0 Å². The van der Waals surface area contributed by atoms with Gasteiger partial charge in [-0.25, -0.2) is 0 Å². The summed E-state index contributed by atoms with van der Waals surface area (Å²) >= 11 is 0. The highest BCUT2D eigenvalue weighted by atomic mass is 16.5. The molecule has 3 heteroatoms. The van der Waals surface area contributed by atoms with E-state index in [2.05, 4.69) is 6.58 Å². The number of fused-ring (bicyclic) bond motifs is 1. The lowest BCUT2D eigenvalue weighted by atomic mass is 9.96. The maximum Gasteiger partial charge on any atom is 0.145 e. The summed E-state index contributed by atoms with van der Waals surface area (Å²) in [6, 6.07) is 5.62. The molecule has 0 amide bonds. The third-order valence-corrected chi connectivity index (χ3v) is 2.79. The predicted octanol–water partition coefficient (Wildman–Crippen LogP) is 1.94. The Morgan fingerprint density at radius 2 is 2.31 bits per heavy atom. The summed E-state index contributed by atoms with van der Waals surface area (Å²) in [6.45, 7) is 5.69. The van der Waals surface area contributed by atoms with Gasteiger partial charge >= 0.3 is 0 Å². The fourth-order valence-electron chi connectivity index (χ4n) is 1.93. The number of aliphatic hydroxyl groups excluding tert-OH is 1. The van der Waals surface area contributed by atoms with E-state index in [0.717, 1.165) is 22.6 Å². The van der Waals surface area contributed by atoms with Crippen LogP contribution in [0.3, 0.4) is 0 Å². The SMILES string of the molecule is C=C(C)[C@H]1Oc2ccc(OC)cc2C[C@H]1O. The van der Waals surface area contributed by atoms with E-state index < -0.39 is 6.10 Å². The van der Waals surface area contributed by atoms with E-state index in [1.807, 2.05) is 25.1 Å². The smallest absolute Gasteiger partial charge is 0.145 e. The van der Waals surface area contributed by atoms with Crippen molar-refractivity contribution in [1.29, 1.82) is 0 Å². The number of benzene rings is 1. The van der Waals surface area contributed by atoms with Gasteiger partial charge < -0.3 is 14.6 Å². The molecule has 3 nitrogen and oxygen atoms in total. The van der Waals surface area contributed by atoms with Gasteiger partial charge in [-0.05, 0) is 30.7 Å². The van der Waals surface area contributed by atoms with Crippen LogP contribution in [0.5, 0.6) is 11.5 Å². The molecule has 1 N–H and O–H groups in total. The van der Waals surface area contributed by atoms with Gasteiger partial charge in [-0.2, -0.15) is 0 Å². The van der Waals surface area contributed by atoms with Crippen molar-refractivity contribution in [3.8, 4) is 11.5 Å². The second-order valence-corrected chi connectivity index (χ2v) is 4.13. The highest BCUT2D eigenvalue weighted by Crippen LogP contribution is 2.32. The zero-order valence-corrected chi connectivity index (χ0v) is 9.56. The second kappa shape index (κ2) is 4.18. The normalized spacial score (nSPS) is 23.2. The van der Waals surface area contributed by atoms with Gasteiger partial charge in [0.25, 0.3) is 0 Å². The molecular weight excluding hydrogens is 204 g/mol. The Kier molecular flexibility index (Phi) is 2.88. The molecule has 2 rings (SSSR count). The minimum Gasteiger partial charge on any atom is -0.497 e. The molecule has 0 bridgehead atoms. The van der Waals surface area contributed by atoms with Crippen molar-refractivity contribution in [2.45, 2.75) is 25.6 Å². The van der Waals surface area contributed by atoms with Crippen molar-refractivity contribution in [1.82, 2.24) is 0 Å². The van der Waals surface area contributed by atoms with Crippen LogP contribution in [0.2, 0.25) is 0 Å². The monoisotopic (exact) mass is 220 g/mol. The topological polar surface area (TPSA) is 38.7 Å². The van der Waals surface area contributed by atoms with Gasteiger partial charge in [-0.3, -0.25) is 0 Å². The molecule has 0 saturated heterocycles. The minimum absolute atomic E-state index is 0.305. The Morgan fingerprint density at radius 3 is 2.94 bits per heavy atom. The average Bonchev–Trinajstić information content (AvgIpc) is 2.27. The van der Waals surface area contributed by atoms with Gasteiger partial charge in [0.15, 0.2) is 0 Å². The van der Waals surface area contributed by atoms with Crippen LogP contribution in [0.1, 0.15) is 12.5 Å². The fraction of sp³-hybridized carbons (Fsp3) is 0.385. The zero-order chi connectivity index (χ0) is 11.7. The molecule has 0 saturated carbocycles. The molecule has 0 aliphatic carbocycles. The lowest BCUT2D eigenvalue weighted by molar-refractivity contribution is 0.0429. The summed E-state index contributed by atoms with van der Waals surface area (Å²) in [5, 5.41) is 9.92. The summed E-state index contributed by atoms with van der Waals surface area (Å²) in [7, 11) is 1.62. The number of methoxy groups -OCH3 is 1. The van der Waals surface area contributed by atoms with Crippen LogP contribution in [0, 0.1) is 0 Å². The minimum atomic E-state index is -0.530. The second-order valence-electron chi connectivity index (χ2n) is 4.13. The van der Waals surface area contributed by atoms with Crippen LogP contribution in [0.15, 0.2) is 30.4 Å². The highest BCUT2D eigenvalue weighted by molar-refractivity contribution is 5.43. The van der Waals surface area contributed by atoms with Gasteiger partial charge in [0, 0.05) is 12.0 Å². The van der Waals surface area contributed by atoms with Gasteiger partial charge in [0.2, 0.25) is 0 Å². The fourth-order valence-corrected chi connectivity index (χ4v) is 1.93. The van der Waals surface area contributed by atoms with E-state index >= 15 is 0 Å². The number of hydrogen-bond acceptors (Lipinski definition) is 3. The van der Waals surface area contributed by atoms with Crippen molar-refractivity contribution < 1.29 is 14.6 Å². The molecular formula is C13H16O3. The Labute approximate surface area is 95.3 Å². The van der Waals surface area contributed by atoms with Crippen LogP contribution in [-0.2, 0) is 6.42 Å². The number of ether oxygens (including phenoxy) is 2.